The molecule has 1 aromatic rings. The zero-order valence-corrected chi connectivity index (χ0v) is 12.4. The standard InChI is InChI=1S/C14H20N2O3S/c1-2-12-5-3-4-10-16(12)20(18,19)13-8-6-11(7-9-13)14(15)17/h6-9,12H,2-5,10H2,1H3,(H2,15,17)/t12-/m0/s1. The molecule has 1 fully saturated rings. The fourth-order valence-electron chi connectivity index (χ4n) is 2.62. The number of rotatable bonds is 4. The van der Waals surface area contributed by atoms with Crippen LogP contribution < -0.4 is 5.73 Å². The van der Waals surface area contributed by atoms with Crippen molar-refractivity contribution >= 4 is 15.9 Å². The molecule has 20 heavy (non-hydrogen) atoms. The number of nitrogens with two attached hydrogens (primary N) is 1. The summed E-state index contributed by atoms with van der Waals surface area (Å²) >= 11 is 0. The van der Waals surface area contributed by atoms with E-state index in [0.717, 1.165) is 25.7 Å². The summed E-state index contributed by atoms with van der Waals surface area (Å²) < 4.78 is 26.9. The van der Waals surface area contributed by atoms with Crippen LogP contribution in [0.15, 0.2) is 29.2 Å². The van der Waals surface area contributed by atoms with Crippen LogP contribution >= 0.6 is 0 Å². The van der Waals surface area contributed by atoms with Gasteiger partial charge in [0.2, 0.25) is 15.9 Å². The Balaban J connectivity index is 2.31. The summed E-state index contributed by atoms with van der Waals surface area (Å²) in [6.45, 7) is 2.58. The first-order valence-electron chi connectivity index (χ1n) is 6.88. The van der Waals surface area contributed by atoms with E-state index < -0.39 is 15.9 Å². The van der Waals surface area contributed by atoms with E-state index in [4.69, 9.17) is 5.73 Å². The SMILES string of the molecule is CC[C@H]1CCCCN1S(=O)(=O)c1ccc(C(N)=O)cc1. The highest BCUT2D eigenvalue weighted by Crippen LogP contribution is 2.26. The molecule has 1 atom stereocenters. The minimum Gasteiger partial charge on any atom is -0.366 e. The molecule has 2 N–H and O–H groups in total. The summed E-state index contributed by atoms with van der Waals surface area (Å²) in [6, 6.07) is 5.90. The van der Waals surface area contributed by atoms with Gasteiger partial charge in [0.05, 0.1) is 4.90 Å². The molecule has 5 nitrogen and oxygen atoms in total. The van der Waals surface area contributed by atoms with Gasteiger partial charge >= 0.3 is 0 Å². The van der Waals surface area contributed by atoms with Crippen LogP contribution in [0, 0.1) is 0 Å². The van der Waals surface area contributed by atoms with Crippen LogP contribution in [0.4, 0.5) is 0 Å². The second-order valence-electron chi connectivity index (χ2n) is 5.06. The smallest absolute Gasteiger partial charge is 0.248 e. The van der Waals surface area contributed by atoms with Gasteiger partial charge in [0.25, 0.3) is 0 Å². The van der Waals surface area contributed by atoms with Gasteiger partial charge in [-0.15, -0.1) is 0 Å². The molecule has 0 aromatic heterocycles. The Labute approximate surface area is 119 Å². The number of hydrogen-bond donors (Lipinski definition) is 1. The van der Waals surface area contributed by atoms with Crippen molar-refractivity contribution in [1.82, 2.24) is 4.31 Å². The zero-order chi connectivity index (χ0) is 14.8. The van der Waals surface area contributed by atoms with Crippen molar-refractivity contribution in [2.75, 3.05) is 6.54 Å². The fraction of sp³-hybridized carbons (Fsp3) is 0.500. The zero-order valence-electron chi connectivity index (χ0n) is 11.6. The molecule has 2 rings (SSSR count). The van der Waals surface area contributed by atoms with Crippen LogP contribution in [0.5, 0.6) is 0 Å². The summed E-state index contributed by atoms with van der Waals surface area (Å²) in [5.41, 5.74) is 5.47. The van der Waals surface area contributed by atoms with Crippen molar-refractivity contribution < 1.29 is 13.2 Å². The van der Waals surface area contributed by atoms with Crippen molar-refractivity contribution in [2.24, 2.45) is 5.73 Å². The van der Waals surface area contributed by atoms with Crippen molar-refractivity contribution in [3.63, 3.8) is 0 Å². The van der Waals surface area contributed by atoms with Crippen molar-refractivity contribution in [3.8, 4) is 0 Å². The molecule has 1 aliphatic heterocycles. The Kier molecular flexibility index (Phi) is 4.45. The highest BCUT2D eigenvalue weighted by Gasteiger charge is 2.32. The normalized spacial score (nSPS) is 20.8. The molecule has 110 valence electrons. The van der Waals surface area contributed by atoms with Crippen LogP contribution in [0.25, 0.3) is 0 Å². The number of nitrogens with zero attached hydrogens (tertiary/aromatic N) is 1. The predicted octanol–water partition coefficient (Wildman–Crippen LogP) is 1.74. The summed E-state index contributed by atoms with van der Waals surface area (Å²) in [7, 11) is -3.48. The Hall–Kier alpha value is -1.40. The highest BCUT2D eigenvalue weighted by molar-refractivity contribution is 7.89. The number of carbonyl (C=O) groups excluding carboxylic acids is 1. The molecule has 1 amide bonds. The lowest BCUT2D eigenvalue weighted by Gasteiger charge is -2.34. The average molecular weight is 296 g/mol. The highest BCUT2D eigenvalue weighted by atomic mass is 32.2. The Bertz CT molecular complexity index is 581. The Morgan fingerprint density at radius 2 is 1.95 bits per heavy atom. The predicted molar refractivity (Wildman–Crippen MR) is 76.8 cm³/mol. The molecule has 0 aliphatic carbocycles. The van der Waals surface area contributed by atoms with E-state index in [-0.39, 0.29) is 10.9 Å². The Morgan fingerprint density at radius 1 is 1.30 bits per heavy atom. The molecule has 0 unspecified atom stereocenters. The van der Waals surface area contributed by atoms with Crippen molar-refractivity contribution in [2.45, 2.75) is 43.5 Å². The van der Waals surface area contributed by atoms with Gasteiger partial charge in [-0.3, -0.25) is 4.79 Å². The third-order valence-corrected chi connectivity index (χ3v) is 5.76. The maximum absolute atomic E-state index is 12.6. The number of benzene rings is 1. The van der Waals surface area contributed by atoms with Gasteiger partial charge in [-0.05, 0) is 43.5 Å². The molecule has 0 saturated carbocycles. The first kappa shape index (κ1) is 15.0. The molecular weight excluding hydrogens is 276 g/mol. The lowest BCUT2D eigenvalue weighted by molar-refractivity contribution is 0.1000. The second-order valence-corrected chi connectivity index (χ2v) is 6.95. The summed E-state index contributed by atoms with van der Waals surface area (Å²) in [6.07, 6.45) is 3.70. The van der Waals surface area contributed by atoms with E-state index in [0.29, 0.717) is 12.1 Å². The van der Waals surface area contributed by atoms with Crippen LogP contribution in [-0.2, 0) is 10.0 Å². The molecule has 1 heterocycles. The van der Waals surface area contributed by atoms with E-state index in [1.807, 2.05) is 6.92 Å². The van der Waals surface area contributed by atoms with E-state index >= 15 is 0 Å². The number of primary amides is 1. The number of amides is 1. The molecule has 1 saturated heterocycles. The maximum Gasteiger partial charge on any atom is 0.248 e. The van der Waals surface area contributed by atoms with Crippen LogP contribution in [0.2, 0.25) is 0 Å². The molecule has 1 aliphatic rings. The third kappa shape index (κ3) is 2.86. The topological polar surface area (TPSA) is 80.5 Å². The van der Waals surface area contributed by atoms with Gasteiger partial charge in [0.1, 0.15) is 0 Å². The van der Waals surface area contributed by atoms with E-state index in [1.54, 1.807) is 4.31 Å². The first-order valence-corrected chi connectivity index (χ1v) is 8.32. The lowest BCUT2D eigenvalue weighted by atomic mass is 10.0. The van der Waals surface area contributed by atoms with Crippen LogP contribution in [0.1, 0.15) is 43.0 Å². The molecule has 0 radical (unpaired) electrons. The van der Waals surface area contributed by atoms with Gasteiger partial charge in [-0.25, -0.2) is 8.42 Å². The van der Waals surface area contributed by atoms with Crippen LogP contribution in [0.3, 0.4) is 0 Å². The summed E-state index contributed by atoms with van der Waals surface area (Å²) in [5.74, 6) is -0.557. The van der Waals surface area contributed by atoms with E-state index in [2.05, 4.69) is 0 Å². The van der Waals surface area contributed by atoms with E-state index in [9.17, 15) is 13.2 Å². The number of hydrogen-bond acceptors (Lipinski definition) is 3. The summed E-state index contributed by atoms with van der Waals surface area (Å²) in [4.78, 5) is 11.2. The average Bonchev–Trinajstić information content (AvgIpc) is 2.47. The third-order valence-electron chi connectivity index (χ3n) is 3.79. The van der Waals surface area contributed by atoms with Crippen molar-refractivity contribution in [1.29, 1.82) is 0 Å². The molecule has 0 bridgehead atoms. The Morgan fingerprint density at radius 3 is 2.50 bits per heavy atom. The number of piperidine rings is 1. The first-order chi connectivity index (χ1) is 9.46. The molecule has 6 heteroatoms. The monoisotopic (exact) mass is 296 g/mol. The fourth-order valence-corrected chi connectivity index (χ4v) is 4.39. The lowest BCUT2D eigenvalue weighted by Crippen LogP contribution is -2.43. The van der Waals surface area contributed by atoms with Crippen molar-refractivity contribution in [3.05, 3.63) is 29.8 Å². The molecular formula is C14H20N2O3S. The van der Waals surface area contributed by atoms with Gasteiger partial charge in [0, 0.05) is 18.2 Å². The van der Waals surface area contributed by atoms with Crippen LogP contribution in [-0.4, -0.2) is 31.2 Å². The van der Waals surface area contributed by atoms with Gasteiger partial charge in [-0.1, -0.05) is 13.3 Å². The maximum atomic E-state index is 12.6. The molecule has 1 aromatic carbocycles. The number of carbonyl (C=O) groups is 1. The van der Waals surface area contributed by atoms with Gasteiger partial charge in [-0.2, -0.15) is 4.31 Å². The van der Waals surface area contributed by atoms with Gasteiger partial charge < -0.3 is 5.73 Å². The largest absolute Gasteiger partial charge is 0.366 e. The van der Waals surface area contributed by atoms with Gasteiger partial charge in [0.15, 0.2) is 0 Å². The minimum absolute atomic E-state index is 0.0737. The van der Waals surface area contributed by atoms with E-state index in [1.165, 1.54) is 24.3 Å². The quantitative estimate of drug-likeness (QED) is 0.919. The second kappa shape index (κ2) is 5.93. The minimum atomic E-state index is -3.48. The molecule has 0 spiro atoms. The number of sulfonamides is 1. The summed E-state index contributed by atoms with van der Waals surface area (Å²) in [5, 5.41) is 0.